The molecule has 10 atom stereocenters. The highest BCUT2D eigenvalue weighted by molar-refractivity contribution is 7.47. The number of rotatable bonds is 19. The van der Waals surface area contributed by atoms with Crippen LogP contribution >= 0.6 is 27.2 Å². The lowest BCUT2D eigenvalue weighted by molar-refractivity contribution is -0.160. The largest absolute Gasteiger partial charge is 0.472 e. The fourth-order valence-corrected chi connectivity index (χ4v) is 8.00. The lowest BCUT2D eigenvalue weighted by Gasteiger charge is -2.26. The van der Waals surface area contributed by atoms with E-state index in [-0.39, 0.29) is 42.1 Å². The number of imidazole rings is 1. The molecule has 1 unspecified atom stereocenters. The Hall–Kier alpha value is -4.72. The van der Waals surface area contributed by atoms with E-state index in [0.29, 0.717) is 11.4 Å². The summed E-state index contributed by atoms with van der Waals surface area (Å²) in [5, 5.41) is 26.0. The first-order valence-corrected chi connectivity index (χ1v) is 21.9. The molecule has 0 radical (unpaired) electrons. The van der Waals surface area contributed by atoms with Gasteiger partial charge in [0.2, 0.25) is 5.91 Å². The molecule has 25 nitrogen and oxygen atoms in total. The molecule has 2 fully saturated rings. The van der Waals surface area contributed by atoms with Crippen LogP contribution in [0.2, 0.25) is 5.02 Å². The van der Waals surface area contributed by atoms with Crippen molar-refractivity contribution < 1.29 is 71.4 Å². The van der Waals surface area contributed by atoms with Crippen LogP contribution in [-0.2, 0) is 52.9 Å². The molecule has 336 valence electrons. The van der Waals surface area contributed by atoms with Crippen molar-refractivity contribution in [2.45, 2.75) is 80.8 Å². The quantitative estimate of drug-likeness (QED) is 0.0349. The first kappa shape index (κ1) is 46.8. The number of nitrogens with two attached hydrogens (primary N) is 2. The molecule has 2 aliphatic rings. The Kier molecular flexibility index (Phi) is 14.9. The predicted octanol–water partition coefficient (Wildman–Crippen LogP) is 0.0247. The number of phosphoric ester groups is 2. The van der Waals surface area contributed by atoms with Crippen molar-refractivity contribution >= 4 is 61.9 Å². The smallest absolute Gasteiger partial charge is 0.455 e. The average Bonchev–Trinajstić information content (AvgIpc) is 3.87. The number of nitrogens with zero attached hydrogens (tertiary/aromatic N) is 6. The number of phosphoric acid groups is 2. The van der Waals surface area contributed by atoms with E-state index >= 15 is 0 Å². The molecule has 1 amide bonds. The fourth-order valence-electron chi connectivity index (χ4n) is 6.57. The number of hydrogen-bond acceptors (Lipinski definition) is 19. The molecule has 28 heteroatoms. The molecule has 6 rings (SSSR count). The molecule has 62 heavy (non-hydrogen) atoms. The maximum Gasteiger partial charge on any atom is 0.472 e. The van der Waals surface area contributed by atoms with E-state index in [1.165, 1.54) is 23.0 Å². The second kappa shape index (κ2) is 19.8. The van der Waals surface area contributed by atoms with Crippen LogP contribution in [0.1, 0.15) is 37.3 Å². The maximum absolute atomic E-state index is 13.9. The number of carbonyl (C=O) groups is 2. The van der Waals surface area contributed by atoms with Gasteiger partial charge in [-0.15, -0.1) is 6.58 Å². The third-order valence-electron chi connectivity index (χ3n) is 9.55. The summed E-state index contributed by atoms with van der Waals surface area (Å²) < 4.78 is 59.5. The van der Waals surface area contributed by atoms with Gasteiger partial charge in [-0.1, -0.05) is 29.8 Å². The van der Waals surface area contributed by atoms with E-state index in [1.807, 2.05) is 0 Å². The highest BCUT2D eigenvalue weighted by atomic mass is 35.5. The molecule has 5 heterocycles. The summed E-state index contributed by atoms with van der Waals surface area (Å²) in [6.45, 7) is 1.61. The molecule has 0 saturated carbocycles. The number of nitrogen functional groups attached to an aromatic ring is 2. The van der Waals surface area contributed by atoms with Gasteiger partial charge in [0, 0.05) is 17.6 Å². The van der Waals surface area contributed by atoms with Gasteiger partial charge in [0.15, 0.2) is 30.0 Å². The van der Waals surface area contributed by atoms with Gasteiger partial charge in [-0.25, -0.2) is 33.7 Å². The molecular formula is C34H42ClN9O16P2. The molecule has 1 aromatic carbocycles. The highest BCUT2D eigenvalue weighted by Crippen LogP contribution is 2.50. The summed E-state index contributed by atoms with van der Waals surface area (Å²) in [6, 6.07) is 6.66. The number of allylic oxidation sites excluding steroid dienone is 1. The van der Waals surface area contributed by atoms with Crippen molar-refractivity contribution in [1.82, 2.24) is 34.4 Å². The van der Waals surface area contributed by atoms with Crippen molar-refractivity contribution in [2.75, 3.05) is 24.7 Å². The number of hydrogen-bond donors (Lipinski definition) is 8. The van der Waals surface area contributed by atoms with Crippen LogP contribution in [0, 0.1) is 0 Å². The summed E-state index contributed by atoms with van der Waals surface area (Å²) in [7, 11) is -10.6. The zero-order chi connectivity index (χ0) is 44.9. The monoisotopic (exact) mass is 929 g/mol. The van der Waals surface area contributed by atoms with Crippen molar-refractivity contribution in [1.29, 1.82) is 0 Å². The maximum atomic E-state index is 13.9. The first-order valence-electron chi connectivity index (χ1n) is 18.5. The lowest BCUT2D eigenvalue weighted by atomic mass is 10.0. The Morgan fingerprint density at radius 2 is 1.63 bits per heavy atom. The number of halogens is 1. The minimum atomic E-state index is -5.42. The van der Waals surface area contributed by atoms with Gasteiger partial charge in [0.05, 0.1) is 19.5 Å². The Morgan fingerprint density at radius 3 is 2.31 bits per heavy atom. The van der Waals surface area contributed by atoms with Gasteiger partial charge >= 0.3 is 27.3 Å². The number of aliphatic hydroxyl groups excluding tert-OH is 2. The standard InChI is InChI=1S/C34H42ClN9O16P2/c1-2-3-4-23(45)41-19(10-7-17-5-8-18(35)9-6-17)33(48)59-27-20(57-32(25(27)46)44-16-40-24-29(37)38-15-39-30(24)44)14-56-62(53,54)60-28-21(13-55-61(50,51)52)58-31(26(28)47)43-12-11-22(36)42-34(43)49/h2,5-6,8-9,11-12,15-16,19-21,25-28,31-32,46-47H,1,3-4,7,10,13-14H2,(H,41,45)(H,53,54)(H2,36,42,49)(H2,37,38,39)(H2,50,51,52)/t19-,20+,21+,25-,26-,27-,28-,31+,32+/m0/s1. The van der Waals surface area contributed by atoms with Gasteiger partial charge in [0.25, 0.3) is 0 Å². The van der Waals surface area contributed by atoms with Crippen LogP contribution in [0.4, 0.5) is 11.6 Å². The van der Waals surface area contributed by atoms with Crippen molar-refractivity contribution in [3.63, 3.8) is 0 Å². The predicted molar refractivity (Wildman–Crippen MR) is 212 cm³/mol. The van der Waals surface area contributed by atoms with Crippen LogP contribution in [-0.4, -0.2) is 122 Å². The van der Waals surface area contributed by atoms with E-state index < -0.39 is 102 Å². The van der Waals surface area contributed by atoms with Crippen molar-refractivity contribution in [3.05, 3.63) is 82.9 Å². The van der Waals surface area contributed by atoms with E-state index in [2.05, 4.69) is 36.4 Å². The lowest BCUT2D eigenvalue weighted by Crippen LogP contribution is -2.46. The number of fused-ring (bicyclic) bond motifs is 1. The molecule has 10 N–H and O–H groups in total. The van der Waals surface area contributed by atoms with E-state index in [1.54, 1.807) is 24.3 Å². The topological polar surface area (TPSA) is 367 Å². The SMILES string of the molecule is C=CCCC(=O)N[C@@H](CCc1ccc(Cl)cc1)C(=O)O[C@@H]1[C@H](O)[C@H](n2cnc3c(N)ncnc32)O[C@@H]1COP(=O)(O)O[C@@H]1[C@H](O)[C@H](n2ccc(N)nc2=O)O[C@@H]1COP(=O)(O)O. The number of aromatic nitrogens is 6. The summed E-state index contributed by atoms with van der Waals surface area (Å²) in [5.74, 6) is -1.73. The van der Waals surface area contributed by atoms with Gasteiger partial charge in [-0.2, -0.15) is 4.98 Å². The molecular weight excluding hydrogens is 888 g/mol. The molecule has 2 aliphatic heterocycles. The van der Waals surface area contributed by atoms with Gasteiger partial charge in [0.1, 0.15) is 54.2 Å². The number of nitrogens with one attached hydrogen (secondary N) is 1. The van der Waals surface area contributed by atoms with Crippen LogP contribution in [0.3, 0.4) is 0 Å². The highest BCUT2D eigenvalue weighted by Gasteiger charge is 2.52. The van der Waals surface area contributed by atoms with Crippen LogP contribution in [0.15, 0.2) is 66.6 Å². The molecule has 3 aromatic heterocycles. The average molecular weight is 930 g/mol. The molecule has 0 spiro atoms. The van der Waals surface area contributed by atoms with Gasteiger partial charge in [-0.3, -0.25) is 27.5 Å². The zero-order valence-corrected chi connectivity index (χ0v) is 34.7. The molecule has 0 bridgehead atoms. The minimum Gasteiger partial charge on any atom is -0.455 e. The number of amides is 1. The van der Waals surface area contributed by atoms with E-state index in [4.69, 9.17) is 46.3 Å². The number of aliphatic hydroxyl groups is 2. The minimum absolute atomic E-state index is 0.00617. The van der Waals surface area contributed by atoms with Crippen molar-refractivity contribution in [2.24, 2.45) is 0 Å². The van der Waals surface area contributed by atoms with Crippen LogP contribution in [0.25, 0.3) is 11.2 Å². The number of aryl methyl sites for hydroxylation is 1. The molecule has 4 aromatic rings. The number of ether oxygens (including phenoxy) is 3. The first-order chi connectivity index (χ1) is 29.3. The van der Waals surface area contributed by atoms with Crippen molar-refractivity contribution in [3.8, 4) is 0 Å². The Morgan fingerprint density at radius 1 is 0.968 bits per heavy atom. The summed E-state index contributed by atoms with van der Waals surface area (Å²) in [6.07, 6.45) is -8.34. The Labute approximate surface area is 355 Å². The van der Waals surface area contributed by atoms with Crippen LogP contribution in [0.5, 0.6) is 0 Å². The number of benzene rings is 1. The molecule has 0 aliphatic carbocycles. The van der Waals surface area contributed by atoms with Gasteiger partial charge in [-0.05, 0) is 43.0 Å². The second-order valence-corrected chi connectivity index (χ2v) is 17.0. The zero-order valence-electron chi connectivity index (χ0n) is 32.2. The summed E-state index contributed by atoms with van der Waals surface area (Å²) >= 11 is 6.02. The normalized spacial score (nSPS) is 25.3. The summed E-state index contributed by atoms with van der Waals surface area (Å²) in [4.78, 5) is 84.6. The number of esters is 1. The third kappa shape index (κ3) is 11.4. The fraction of sp³-hybridized carbons (Fsp3) is 0.441. The number of anilines is 2. The summed E-state index contributed by atoms with van der Waals surface area (Å²) in [5.41, 5.74) is 11.4. The van der Waals surface area contributed by atoms with E-state index in [9.17, 15) is 48.4 Å². The van der Waals surface area contributed by atoms with Crippen LogP contribution < -0.4 is 22.5 Å². The molecule has 2 saturated heterocycles. The Balaban J connectivity index is 1.24. The second-order valence-electron chi connectivity index (χ2n) is 13.9. The van der Waals surface area contributed by atoms with Gasteiger partial charge < -0.3 is 55.9 Å². The van der Waals surface area contributed by atoms with E-state index in [0.717, 1.165) is 22.7 Å². The third-order valence-corrected chi connectivity index (χ3v) is 11.3. The number of carbonyl (C=O) groups excluding carboxylic acids is 2. The Bertz CT molecular complexity index is 2400.